The monoisotopic (exact) mass is 382 g/mol. The minimum Gasteiger partial charge on any atom is -0.507 e. The van der Waals surface area contributed by atoms with Crippen LogP contribution in [-0.2, 0) is 11.3 Å². The molecule has 2 N–H and O–H groups in total. The highest BCUT2D eigenvalue weighted by atomic mass is 16.5. The third kappa shape index (κ3) is 4.80. The number of rotatable bonds is 6. The predicted molar refractivity (Wildman–Crippen MR) is 109 cm³/mol. The fourth-order valence-corrected chi connectivity index (χ4v) is 3.53. The number of methoxy groups -OCH3 is 1. The quantitative estimate of drug-likeness (QED) is 0.595. The molecule has 0 aromatic heterocycles. The number of quaternary nitrogens is 1. The Labute approximate surface area is 166 Å². The number of phenols is 1. The average Bonchev–Trinajstić information content (AvgIpc) is 2.70. The molecule has 1 aliphatic heterocycles. The van der Waals surface area contributed by atoms with Crippen LogP contribution in [0.4, 0.5) is 0 Å². The number of ketones is 1. The Morgan fingerprint density at radius 2 is 1.86 bits per heavy atom. The van der Waals surface area contributed by atoms with Gasteiger partial charge in [0.1, 0.15) is 31.1 Å². The number of carbonyl (C=O) groups excluding carboxylic acids is 1. The second kappa shape index (κ2) is 9.04. The lowest BCUT2D eigenvalue weighted by Crippen LogP contribution is -3.12. The summed E-state index contributed by atoms with van der Waals surface area (Å²) >= 11 is 0. The molecule has 5 nitrogen and oxygen atoms in total. The summed E-state index contributed by atoms with van der Waals surface area (Å²) in [7, 11) is 1.66. The van der Waals surface area contributed by atoms with Gasteiger partial charge in [0.2, 0.25) is 0 Å². The fraction of sp³-hybridized carbons (Fsp3) is 0.348. The first-order valence-corrected chi connectivity index (χ1v) is 9.59. The molecule has 0 aliphatic carbocycles. The van der Waals surface area contributed by atoms with Crippen LogP contribution in [0.5, 0.6) is 11.5 Å². The van der Waals surface area contributed by atoms with Crippen molar-refractivity contribution in [3.8, 4) is 11.5 Å². The number of aromatic hydroxyl groups is 1. The first-order valence-electron chi connectivity index (χ1n) is 9.59. The number of hydrogen-bond acceptors (Lipinski definition) is 4. The number of morpholine rings is 1. The van der Waals surface area contributed by atoms with Gasteiger partial charge in [-0.1, -0.05) is 6.08 Å². The van der Waals surface area contributed by atoms with Crippen molar-refractivity contribution in [2.24, 2.45) is 0 Å². The lowest BCUT2D eigenvalue weighted by Gasteiger charge is -2.24. The van der Waals surface area contributed by atoms with E-state index in [1.165, 1.54) is 4.90 Å². The molecule has 0 saturated carbocycles. The Balaban J connectivity index is 1.78. The van der Waals surface area contributed by atoms with Crippen LogP contribution in [0.25, 0.3) is 6.08 Å². The normalized spacial score (nSPS) is 15.1. The van der Waals surface area contributed by atoms with Gasteiger partial charge in [0.25, 0.3) is 0 Å². The highest BCUT2D eigenvalue weighted by Gasteiger charge is 2.18. The molecule has 0 amide bonds. The molecule has 0 radical (unpaired) electrons. The maximum atomic E-state index is 12.7. The first-order chi connectivity index (χ1) is 13.5. The number of ether oxygens (including phenoxy) is 2. The van der Waals surface area contributed by atoms with Gasteiger partial charge in [-0.25, -0.2) is 0 Å². The van der Waals surface area contributed by atoms with Crippen LogP contribution < -0.4 is 9.64 Å². The topological polar surface area (TPSA) is 60.2 Å². The number of allylic oxidation sites excluding steroid dienone is 1. The molecule has 1 saturated heterocycles. The molecule has 0 spiro atoms. The second-order valence-corrected chi connectivity index (χ2v) is 7.27. The van der Waals surface area contributed by atoms with Crippen molar-refractivity contribution < 1.29 is 24.3 Å². The molecular weight excluding hydrogens is 354 g/mol. The number of carbonyl (C=O) groups is 1. The van der Waals surface area contributed by atoms with Crippen LogP contribution in [0.15, 0.2) is 36.4 Å². The largest absolute Gasteiger partial charge is 0.507 e. The first kappa shape index (κ1) is 20.1. The van der Waals surface area contributed by atoms with Crippen LogP contribution in [0, 0.1) is 13.8 Å². The van der Waals surface area contributed by atoms with Crippen LogP contribution in [0.1, 0.15) is 32.6 Å². The Kier molecular flexibility index (Phi) is 6.49. The molecule has 148 valence electrons. The lowest BCUT2D eigenvalue weighted by molar-refractivity contribution is -0.921. The van der Waals surface area contributed by atoms with Crippen LogP contribution in [-0.4, -0.2) is 44.3 Å². The summed E-state index contributed by atoms with van der Waals surface area (Å²) in [6.07, 6.45) is 3.37. The van der Waals surface area contributed by atoms with Gasteiger partial charge in [-0.3, -0.25) is 4.79 Å². The Morgan fingerprint density at radius 3 is 2.50 bits per heavy atom. The summed E-state index contributed by atoms with van der Waals surface area (Å²) in [5, 5.41) is 9.89. The van der Waals surface area contributed by atoms with Crippen molar-refractivity contribution in [1.29, 1.82) is 0 Å². The van der Waals surface area contributed by atoms with Gasteiger partial charge < -0.3 is 19.5 Å². The van der Waals surface area contributed by atoms with Crippen molar-refractivity contribution in [1.82, 2.24) is 0 Å². The molecule has 0 atom stereocenters. The molecule has 5 heteroatoms. The molecule has 0 unspecified atom stereocenters. The van der Waals surface area contributed by atoms with E-state index in [0.29, 0.717) is 11.3 Å². The van der Waals surface area contributed by atoms with Crippen molar-refractivity contribution in [2.45, 2.75) is 20.4 Å². The molecule has 3 rings (SSSR count). The molecule has 1 aliphatic rings. The van der Waals surface area contributed by atoms with Crippen molar-refractivity contribution >= 4 is 11.9 Å². The smallest absolute Gasteiger partial charge is 0.185 e. The van der Waals surface area contributed by atoms with E-state index in [-0.39, 0.29) is 5.78 Å². The van der Waals surface area contributed by atoms with E-state index in [1.54, 1.807) is 25.3 Å². The highest BCUT2D eigenvalue weighted by Crippen LogP contribution is 2.24. The van der Waals surface area contributed by atoms with E-state index in [0.717, 1.165) is 60.9 Å². The zero-order valence-corrected chi connectivity index (χ0v) is 16.7. The van der Waals surface area contributed by atoms with Crippen molar-refractivity contribution in [3.05, 3.63) is 64.2 Å². The summed E-state index contributed by atoms with van der Waals surface area (Å²) in [4.78, 5) is 14.1. The number of phenolic OH excluding ortho intramolecular Hbond substituents is 1. The Hall–Kier alpha value is -2.63. The van der Waals surface area contributed by atoms with Crippen molar-refractivity contribution in [2.75, 3.05) is 33.4 Å². The fourth-order valence-electron chi connectivity index (χ4n) is 3.53. The molecule has 0 bridgehead atoms. The molecule has 28 heavy (non-hydrogen) atoms. The van der Waals surface area contributed by atoms with Crippen molar-refractivity contribution in [3.63, 3.8) is 0 Å². The predicted octanol–water partition coefficient (Wildman–Crippen LogP) is 2.33. The molecular formula is C23H28NO4+. The maximum absolute atomic E-state index is 12.7. The minimum atomic E-state index is -0.0516. The number of nitrogens with one attached hydrogen (secondary N) is 1. The summed E-state index contributed by atoms with van der Waals surface area (Å²) in [5.41, 5.74) is 4.18. The molecule has 2 aromatic carbocycles. The maximum Gasteiger partial charge on any atom is 0.185 e. The van der Waals surface area contributed by atoms with E-state index in [2.05, 4.69) is 0 Å². The van der Waals surface area contributed by atoms with Gasteiger partial charge in [0.15, 0.2) is 5.78 Å². The summed E-state index contributed by atoms with van der Waals surface area (Å²) < 4.78 is 10.9. The standard InChI is InChI=1S/C23H27NO4/c1-16-12-18(13-17(2)23(16)26)4-6-21(25)19-5-7-22(27-3)20(14-19)15-24-8-10-28-11-9-24/h4-7,12-14,26H,8-11,15H2,1-3H3/p+1/b6-4+. The van der Waals surface area contributed by atoms with Crippen LogP contribution in [0.3, 0.4) is 0 Å². The van der Waals surface area contributed by atoms with Crippen LogP contribution in [0.2, 0.25) is 0 Å². The summed E-state index contributed by atoms with van der Waals surface area (Å²) in [6, 6.07) is 9.34. The van der Waals surface area contributed by atoms with Gasteiger partial charge in [-0.2, -0.15) is 0 Å². The number of aryl methyl sites for hydroxylation is 2. The van der Waals surface area contributed by atoms with E-state index >= 15 is 0 Å². The molecule has 2 aromatic rings. The van der Waals surface area contributed by atoms with E-state index in [9.17, 15) is 9.90 Å². The van der Waals surface area contributed by atoms with Gasteiger partial charge in [-0.15, -0.1) is 0 Å². The average molecular weight is 382 g/mol. The van der Waals surface area contributed by atoms with Gasteiger partial charge in [0, 0.05) is 11.1 Å². The number of hydrogen-bond donors (Lipinski definition) is 2. The Bertz CT molecular complexity index is 859. The SMILES string of the molecule is COc1ccc(C(=O)/C=C/c2cc(C)c(O)c(C)c2)cc1C[NH+]1CCOCC1. The Morgan fingerprint density at radius 1 is 1.18 bits per heavy atom. The summed E-state index contributed by atoms with van der Waals surface area (Å²) in [6.45, 7) is 7.97. The number of benzene rings is 2. The zero-order chi connectivity index (χ0) is 20.1. The highest BCUT2D eigenvalue weighted by molar-refractivity contribution is 6.07. The van der Waals surface area contributed by atoms with E-state index < -0.39 is 0 Å². The van der Waals surface area contributed by atoms with Gasteiger partial charge in [-0.05, 0) is 66.9 Å². The van der Waals surface area contributed by atoms with Gasteiger partial charge in [0.05, 0.1) is 20.3 Å². The second-order valence-electron chi connectivity index (χ2n) is 7.27. The van der Waals surface area contributed by atoms with Crippen LogP contribution >= 0.6 is 0 Å². The molecule has 1 heterocycles. The summed E-state index contributed by atoms with van der Waals surface area (Å²) in [5.74, 6) is 1.06. The third-order valence-corrected chi connectivity index (χ3v) is 5.15. The lowest BCUT2D eigenvalue weighted by atomic mass is 10.0. The van der Waals surface area contributed by atoms with E-state index in [4.69, 9.17) is 9.47 Å². The van der Waals surface area contributed by atoms with Gasteiger partial charge >= 0.3 is 0 Å². The minimum absolute atomic E-state index is 0.0516. The molecule has 1 fully saturated rings. The third-order valence-electron chi connectivity index (χ3n) is 5.15. The zero-order valence-electron chi connectivity index (χ0n) is 16.7. The van der Waals surface area contributed by atoms with E-state index in [1.807, 2.05) is 38.1 Å².